The lowest BCUT2D eigenvalue weighted by atomic mass is 10.1. The SMILES string of the molecule is C[C@@H]1CN(CC(=O)N2CCNC2=O)CCN1C[C@H](O)c1ccccc1. The predicted molar refractivity (Wildman–Crippen MR) is 94.0 cm³/mol. The van der Waals surface area contributed by atoms with Crippen LogP contribution in [0.3, 0.4) is 0 Å². The van der Waals surface area contributed by atoms with Crippen molar-refractivity contribution in [3.63, 3.8) is 0 Å². The second-order valence-corrected chi connectivity index (χ2v) is 6.78. The summed E-state index contributed by atoms with van der Waals surface area (Å²) >= 11 is 0. The van der Waals surface area contributed by atoms with Crippen LogP contribution in [0.15, 0.2) is 30.3 Å². The highest BCUT2D eigenvalue weighted by atomic mass is 16.3. The Morgan fingerprint density at radius 1 is 1.28 bits per heavy atom. The summed E-state index contributed by atoms with van der Waals surface area (Å²) in [6.07, 6.45) is -0.509. The molecule has 2 atom stereocenters. The molecule has 0 bridgehead atoms. The van der Waals surface area contributed by atoms with Gasteiger partial charge in [-0.05, 0) is 12.5 Å². The standard InChI is InChI=1S/C18H26N4O3/c1-14-11-20(13-17(24)22-8-7-19-18(22)25)9-10-21(14)12-16(23)15-5-3-2-4-6-15/h2-6,14,16,23H,7-13H2,1H3,(H,19,25)/t14-,16+/m1/s1. The molecule has 2 fully saturated rings. The van der Waals surface area contributed by atoms with Crippen molar-refractivity contribution in [2.24, 2.45) is 0 Å². The first-order chi connectivity index (χ1) is 12.0. The number of benzene rings is 1. The topological polar surface area (TPSA) is 76.1 Å². The third kappa shape index (κ3) is 4.36. The molecule has 25 heavy (non-hydrogen) atoms. The number of carbonyl (C=O) groups excluding carboxylic acids is 2. The van der Waals surface area contributed by atoms with Gasteiger partial charge in [0.05, 0.1) is 12.6 Å². The van der Waals surface area contributed by atoms with E-state index in [-0.39, 0.29) is 24.5 Å². The predicted octanol–water partition coefficient (Wildman–Crippen LogP) is 0.278. The molecular formula is C18H26N4O3. The maximum Gasteiger partial charge on any atom is 0.324 e. The second kappa shape index (κ2) is 7.95. The number of piperazine rings is 1. The number of aliphatic hydroxyl groups excluding tert-OH is 1. The van der Waals surface area contributed by atoms with Crippen molar-refractivity contribution < 1.29 is 14.7 Å². The molecular weight excluding hydrogens is 320 g/mol. The molecule has 1 aromatic rings. The molecule has 7 heteroatoms. The maximum absolute atomic E-state index is 12.2. The van der Waals surface area contributed by atoms with Crippen LogP contribution in [0.2, 0.25) is 0 Å². The molecule has 0 radical (unpaired) electrons. The normalized spacial score (nSPS) is 23.5. The zero-order valence-electron chi connectivity index (χ0n) is 14.6. The van der Waals surface area contributed by atoms with Crippen LogP contribution in [0.25, 0.3) is 0 Å². The van der Waals surface area contributed by atoms with E-state index >= 15 is 0 Å². The minimum absolute atomic E-state index is 0.139. The largest absolute Gasteiger partial charge is 0.387 e. The first-order valence-electron chi connectivity index (χ1n) is 8.82. The number of carbonyl (C=O) groups is 2. The summed E-state index contributed by atoms with van der Waals surface area (Å²) in [7, 11) is 0. The molecule has 136 valence electrons. The molecule has 0 unspecified atom stereocenters. The Morgan fingerprint density at radius 3 is 2.68 bits per heavy atom. The van der Waals surface area contributed by atoms with Crippen molar-refractivity contribution in [3.05, 3.63) is 35.9 Å². The zero-order valence-corrected chi connectivity index (χ0v) is 14.6. The van der Waals surface area contributed by atoms with E-state index < -0.39 is 6.10 Å². The van der Waals surface area contributed by atoms with Crippen molar-refractivity contribution in [3.8, 4) is 0 Å². The first kappa shape index (κ1) is 17.8. The smallest absolute Gasteiger partial charge is 0.324 e. The number of hydrogen-bond acceptors (Lipinski definition) is 5. The van der Waals surface area contributed by atoms with Crippen LogP contribution in [-0.4, -0.2) is 83.6 Å². The highest BCUT2D eigenvalue weighted by Gasteiger charge is 2.30. The van der Waals surface area contributed by atoms with E-state index in [4.69, 9.17) is 0 Å². The fourth-order valence-corrected chi connectivity index (χ4v) is 3.47. The number of nitrogens with one attached hydrogen (secondary N) is 1. The van der Waals surface area contributed by atoms with E-state index in [1.165, 1.54) is 4.90 Å². The molecule has 7 nitrogen and oxygen atoms in total. The van der Waals surface area contributed by atoms with Gasteiger partial charge in [0, 0.05) is 45.3 Å². The van der Waals surface area contributed by atoms with Crippen LogP contribution in [0.4, 0.5) is 4.79 Å². The highest BCUT2D eigenvalue weighted by Crippen LogP contribution is 2.18. The molecule has 1 aromatic carbocycles. The molecule has 2 aliphatic heterocycles. The lowest BCUT2D eigenvalue weighted by molar-refractivity contribution is -0.129. The molecule has 2 saturated heterocycles. The van der Waals surface area contributed by atoms with Gasteiger partial charge in [-0.3, -0.25) is 19.5 Å². The average molecular weight is 346 g/mol. The van der Waals surface area contributed by atoms with Crippen LogP contribution in [-0.2, 0) is 4.79 Å². The van der Waals surface area contributed by atoms with Gasteiger partial charge in [-0.1, -0.05) is 30.3 Å². The van der Waals surface area contributed by atoms with Crippen LogP contribution in [0.5, 0.6) is 0 Å². The minimum Gasteiger partial charge on any atom is -0.387 e. The number of rotatable bonds is 5. The van der Waals surface area contributed by atoms with Crippen LogP contribution in [0.1, 0.15) is 18.6 Å². The second-order valence-electron chi connectivity index (χ2n) is 6.78. The molecule has 3 rings (SSSR count). The van der Waals surface area contributed by atoms with Crippen molar-refractivity contribution in [1.82, 2.24) is 20.0 Å². The molecule has 2 N–H and O–H groups in total. The van der Waals surface area contributed by atoms with Crippen molar-refractivity contribution in [1.29, 1.82) is 0 Å². The highest BCUT2D eigenvalue weighted by molar-refractivity contribution is 5.96. The van der Waals surface area contributed by atoms with Crippen molar-refractivity contribution >= 4 is 11.9 Å². The number of β-amino-alcohol motifs (C(OH)–C–C–N with tert-alkyl or cyclic N) is 1. The number of hydrogen-bond donors (Lipinski definition) is 2. The van der Waals surface area contributed by atoms with Gasteiger partial charge in [0.25, 0.3) is 0 Å². The molecule has 3 amide bonds. The van der Waals surface area contributed by atoms with Gasteiger partial charge in [0.2, 0.25) is 5.91 Å². The number of nitrogens with zero attached hydrogens (tertiary/aromatic N) is 3. The van der Waals surface area contributed by atoms with Crippen molar-refractivity contribution in [2.75, 3.05) is 45.8 Å². The third-order valence-corrected chi connectivity index (χ3v) is 4.96. The number of amides is 3. The molecule has 2 aliphatic rings. The molecule has 2 heterocycles. The van der Waals surface area contributed by atoms with Crippen molar-refractivity contribution in [2.45, 2.75) is 19.1 Å². The van der Waals surface area contributed by atoms with Crippen LogP contribution in [0, 0.1) is 0 Å². The van der Waals surface area contributed by atoms with Gasteiger partial charge < -0.3 is 10.4 Å². The Bertz CT molecular complexity index is 610. The van der Waals surface area contributed by atoms with Crippen LogP contribution < -0.4 is 5.32 Å². The summed E-state index contributed by atoms with van der Waals surface area (Å²) in [6, 6.07) is 9.63. The first-order valence-corrected chi connectivity index (χ1v) is 8.82. The third-order valence-electron chi connectivity index (χ3n) is 4.96. The summed E-state index contributed by atoms with van der Waals surface area (Å²) in [5.74, 6) is -0.139. The summed E-state index contributed by atoms with van der Waals surface area (Å²) in [6.45, 7) is 6.26. The number of imide groups is 1. The Hall–Kier alpha value is -1.96. The average Bonchev–Trinajstić information content (AvgIpc) is 3.04. The fraction of sp³-hybridized carbons (Fsp3) is 0.556. The van der Waals surface area contributed by atoms with Gasteiger partial charge in [-0.25, -0.2) is 4.79 Å². The molecule has 0 aromatic heterocycles. The van der Waals surface area contributed by atoms with E-state index in [1.807, 2.05) is 30.3 Å². The summed E-state index contributed by atoms with van der Waals surface area (Å²) in [5.41, 5.74) is 0.923. The monoisotopic (exact) mass is 346 g/mol. The summed E-state index contributed by atoms with van der Waals surface area (Å²) < 4.78 is 0. The van der Waals surface area contributed by atoms with Gasteiger partial charge in [-0.15, -0.1) is 0 Å². The van der Waals surface area contributed by atoms with E-state index in [0.29, 0.717) is 19.6 Å². The van der Waals surface area contributed by atoms with E-state index in [0.717, 1.165) is 25.2 Å². The Kier molecular flexibility index (Phi) is 5.67. The van der Waals surface area contributed by atoms with E-state index in [2.05, 4.69) is 22.0 Å². The summed E-state index contributed by atoms with van der Waals surface area (Å²) in [5, 5.41) is 13.1. The fourth-order valence-electron chi connectivity index (χ4n) is 3.47. The van der Waals surface area contributed by atoms with Gasteiger partial charge >= 0.3 is 6.03 Å². The maximum atomic E-state index is 12.2. The Labute approximate surface area is 148 Å². The lowest BCUT2D eigenvalue weighted by Gasteiger charge is -2.40. The Morgan fingerprint density at radius 2 is 2.04 bits per heavy atom. The minimum atomic E-state index is -0.509. The molecule has 0 saturated carbocycles. The number of aliphatic hydroxyl groups is 1. The molecule has 0 spiro atoms. The van der Waals surface area contributed by atoms with Gasteiger partial charge in [0.1, 0.15) is 0 Å². The van der Waals surface area contributed by atoms with Gasteiger partial charge in [0.15, 0.2) is 0 Å². The van der Waals surface area contributed by atoms with Gasteiger partial charge in [-0.2, -0.15) is 0 Å². The van der Waals surface area contributed by atoms with Crippen LogP contribution >= 0.6 is 0 Å². The Balaban J connectivity index is 1.49. The van der Waals surface area contributed by atoms with E-state index in [9.17, 15) is 14.7 Å². The lowest BCUT2D eigenvalue weighted by Crippen LogP contribution is -2.55. The number of urea groups is 1. The van der Waals surface area contributed by atoms with E-state index in [1.54, 1.807) is 0 Å². The zero-order chi connectivity index (χ0) is 17.8. The summed E-state index contributed by atoms with van der Waals surface area (Å²) in [4.78, 5) is 29.4. The quantitative estimate of drug-likeness (QED) is 0.801. The molecule has 0 aliphatic carbocycles.